The third-order valence-corrected chi connectivity index (χ3v) is 3.89. The maximum absolute atomic E-state index is 5.43. The number of pyridine rings is 1. The number of nitrogens with zero attached hydrogens (tertiary/aromatic N) is 3. The SMILES string of the molecule is COC[C@@H](C)Nc1ccc(-c2nc(-c3cccc(OC)c3OC)no2)cn1. The molecular weight excluding hydrogens is 348 g/mol. The molecule has 0 saturated carbocycles. The van der Waals surface area contributed by atoms with Crippen molar-refractivity contribution in [2.45, 2.75) is 13.0 Å². The first-order chi connectivity index (χ1) is 13.2. The van der Waals surface area contributed by atoms with Gasteiger partial charge in [0.2, 0.25) is 5.82 Å². The molecule has 1 atom stereocenters. The normalized spacial score (nSPS) is 11.9. The Morgan fingerprint density at radius 1 is 1.11 bits per heavy atom. The van der Waals surface area contributed by atoms with Gasteiger partial charge in [0, 0.05) is 19.3 Å². The summed E-state index contributed by atoms with van der Waals surface area (Å²) in [5.41, 5.74) is 1.41. The van der Waals surface area contributed by atoms with E-state index in [1.807, 2.05) is 37.3 Å². The van der Waals surface area contributed by atoms with Crippen molar-refractivity contribution in [1.82, 2.24) is 15.1 Å². The number of hydrogen-bond donors (Lipinski definition) is 1. The van der Waals surface area contributed by atoms with Crippen LogP contribution in [0.15, 0.2) is 41.1 Å². The third kappa shape index (κ3) is 4.17. The number of para-hydroxylation sites is 1. The van der Waals surface area contributed by atoms with Crippen LogP contribution >= 0.6 is 0 Å². The first-order valence-electron chi connectivity index (χ1n) is 8.43. The van der Waals surface area contributed by atoms with Crippen LogP contribution in [0.25, 0.3) is 22.8 Å². The van der Waals surface area contributed by atoms with Crippen molar-refractivity contribution in [3.63, 3.8) is 0 Å². The topological polar surface area (TPSA) is 91.5 Å². The molecule has 142 valence electrons. The second kappa shape index (κ2) is 8.50. The molecule has 0 saturated heterocycles. The summed E-state index contributed by atoms with van der Waals surface area (Å²) in [6, 6.07) is 9.38. The van der Waals surface area contributed by atoms with Gasteiger partial charge in [0.1, 0.15) is 5.82 Å². The average Bonchev–Trinajstić information content (AvgIpc) is 3.18. The molecule has 2 aromatic heterocycles. The lowest BCUT2D eigenvalue weighted by atomic mass is 10.1. The summed E-state index contributed by atoms with van der Waals surface area (Å²) in [5.74, 6) is 2.69. The van der Waals surface area contributed by atoms with Gasteiger partial charge in [-0.25, -0.2) is 4.98 Å². The maximum atomic E-state index is 5.43. The highest BCUT2D eigenvalue weighted by Gasteiger charge is 2.17. The second-order valence-corrected chi connectivity index (χ2v) is 5.90. The molecule has 1 N–H and O–H groups in total. The lowest BCUT2D eigenvalue weighted by molar-refractivity contribution is 0.190. The molecule has 8 heteroatoms. The van der Waals surface area contributed by atoms with Gasteiger partial charge in [0.25, 0.3) is 5.89 Å². The van der Waals surface area contributed by atoms with Crippen LogP contribution in [-0.4, -0.2) is 49.1 Å². The smallest absolute Gasteiger partial charge is 0.259 e. The van der Waals surface area contributed by atoms with Crippen LogP contribution in [0, 0.1) is 0 Å². The van der Waals surface area contributed by atoms with E-state index in [0.717, 1.165) is 11.4 Å². The predicted molar refractivity (Wildman–Crippen MR) is 101 cm³/mol. The number of ether oxygens (including phenoxy) is 3. The largest absolute Gasteiger partial charge is 0.493 e. The number of anilines is 1. The fourth-order valence-electron chi connectivity index (χ4n) is 2.66. The number of benzene rings is 1. The summed E-state index contributed by atoms with van der Waals surface area (Å²) >= 11 is 0. The van der Waals surface area contributed by atoms with E-state index < -0.39 is 0 Å². The zero-order chi connectivity index (χ0) is 19.2. The molecule has 0 fully saturated rings. The van der Waals surface area contributed by atoms with Gasteiger partial charge in [-0.3, -0.25) is 0 Å². The van der Waals surface area contributed by atoms with Gasteiger partial charge in [-0.2, -0.15) is 4.98 Å². The van der Waals surface area contributed by atoms with Crippen molar-refractivity contribution >= 4 is 5.82 Å². The number of rotatable bonds is 8. The van der Waals surface area contributed by atoms with Crippen molar-refractivity contribution in [3.05, 3.63) is 36.5 Å². The Morgan fingerprint density at radius 3 is 2.63 bits per heavy atom. The number of aromatic nitrogens is 3. The zero-order valence-electron chi connectivity index (χ0n) is 15.7. The molecule has 0 amide bonds. The molecule has 1 aromatic carbocycles. The Hall–Kier alpha value is -3.13. The van der Waals surface area contributed by atoms with Gasteiger partial charge < -0.3 is 24.1 Å². The van der Waals surface area contributed by atoms with Gasteiger partial charge >= 0.3 is 0 Å². The third-order valence-electron chi connectivity index (χ3n) is 3.89. The van der Waals surface area contributed by atoms with E-state index in [4.69, 9.17) is 18.7 Å². The molecule has 0 aliphatic carbocycles. The van der Waals surface area contributed by atoms with Crippen LogP contribution in [0.1, 0.15) is 6.92 Å². The van der Waals surface area contributed by atoms with Crippen molar-refractivity contribution < 1.29 is 18.7 Å². The van der Waals surface area contributed by atoms with Gasteiger partial charge in [0.15, 0.2) is 11.5 Å². The molecule has 0 aliphatic heterocycles. The highest BCUT2D eigenvalue weighted by molar-refractivity contribution is 5.69. The summed E-state index contributed by atoms with van der Waals surface area (Å²) in [5, 5.41) is 7.31. The first kappa shape index (κ1) is 18.7. The lowest BCUT2D eigenvalue weighted by Gasteiger charge is -2.13. The van der Waals surface area contributed by atoms with Crippen molar-refractivity contribution in [2.75, 3.05) is 33.3 Å². The van der Waals surface area contributed by atoms with Gasteiger partial charge in [-0.05, 0) is 31.2 Å². The molecule has 8 nitrogen and oxygen atoms in total. The van der Waals surface area contributed by atoms with E-state index in [0.29, 0.717) is 35.4 Å². The molecule has 0 spiro atoms. The quantitative estimate of drug-likeness (QED) is 0.646. The summed E-state index contributed by atoms with van der Waals surface area (Å²) in [6.45, 7) is 2.61. The number of nitrogens with one attached hydrogen (secondary N) is 1. The van der Waals surface area contributed by atoms with Crippen LogP contribution in [0.2, 0.25) is 0 Å². The monoisotopic (exact) mass is 370 g/mol. The van der Waals surface area contributed by atoms with Crippen molar-refractivity contribution in [3.8, 4) is 34.3 Å². The molecule has 0 bridgehead atoms. The average molecular weight is 370 g/mol. The van der Waals surface area contributed by atoms with Crippen LogP contribution in [0.4, 0.5) is 5.82 Å². The molecule has 3 aromatic rings. The Labute approximate surface area is 157 Å². The number of methoxy groups -OCH3 is 3. The standard InChI is InChI=1S/C19H22N4O4/c1-12(11-24-2)21-16-9-8-13(10-20-16)19-22-18(23-27-19)14-6-5-7-15(25-3)17(14)26-4/h5-10,12H,11H2,1-4H3,(H,20,21)/t12-/m1/s1. The van der Waals surface area contributed by atoms with E-state index in [9.17, 15) is 0 Å². The molecule has 0 aliphatic rings. The van der Waals surface area contributed by atoms with E-state index in [-0.39, 0.29) is 6.04 Å². The summed E-state index contributed by atoms with van der Waals surface area (Å²) in [4.78, 5) is 8.84. The Morgan fingerprint density at radius 2 is 1.96 bits per heavy atom. The van der Waals surface area contributed by atoms with Crippen molar-refractivity contribution in [2.24, 2.45) is 0 Å². The first-order valence-corrected chi connectivity index (χ1v) is 8.43. The fraction of sp³-hybridized carbons (Fsp3) is 0.316. The van der Waals surface area contributed by atoms with Crippen LogP contribution in [-0.2, 0) is 4.74 Å². The van der Waals surface area contributed by atoms with Crippen molar-refractivity contribution in [1.29, 1.82) is 0 Å². The Balaban J connectivity index is 1.82. The van der Waals surface area contributed by atoms with E-state index >= 15 is 0 Å². The van der Waals surface area contributed by atoms with Gasteiger partial charge in [-0.1, -0.05) is 11.2 Å². The minimum Gasteiger partial charge on any atom is -0.493 e. The summed E-state index contributed by atoms with van der Waals surface area (Å²) in [7, 11) is 4.82. The minimum absolute atomic E-state index is 0.156. The number of hydrogen-bond acceptors (Lipinski definition) is 8. The molecule has 0 unspecified atom stereocenters. The fourth-order valence-corrected chi connectivity index (χ4v) is 2.66. The lowest BCUT2D eigenvalue weighted by Crippen LogP contribution is -2.21. The van der Waals surface area contributed by atoms with Crippen LogP contribution in [0.5, 0.6) is 11.5 Å². The Bertz CT molecular complexity index is 880. The molecule has 2 heterocycles. The second-order valence-electron chi connectivity index (χ2n) is 5.90. The zero-order valence-corrected chi connectivity index (χ0v) is 15.7. The van der Waals surface area contributed by atoms with E-state index in [1.54, 1.807) is 27.5 Å². The van der Waals surface area contributed by atoms with Crippen LogP contribution < -0.4 is 14.8 Å². The summed E-state index contributed by atoms with van der Waals surface area (Å²) in [6.07, 6.45) is 1.68. The molecule has 27 heavy (non-hydrogen) atoms. The highest BCUT2D eigenvalue weighted by atomic mass is 16.5. The van der Waals surface area contributed by atoms with E-state index in [2.05, 4.69) is 20.4 Å². The summed E-state index contributed by atoms with van der Waals surface area (Å²) < 4.78 is 21.3. The van der Waals surface area contributed by atoms with E-state index in [1.165, 1.54) is 0 Å². The van der Waals surface area contributed by atoms with Gasteiger partial charge in [0.05, 0.1) is 32.0 Å². The predicted octanol–water partition coefficient (Wildman–Crippen LogP) is 3.26. The minimum atomic E-state index is 0.156. The van der Waals surface area contributed by atoms with Gasteiger partial charge in [-0.15, -0.1) is 0 Å². The molecule has 0 radical (unpaired) electrons. The highest BCUT2D eigenvalue weighted by Crippen LogP contribution is 2.37. The molecule has 3 rings (SSSR count). The Kier molecular flexibility index (Phi) is 5.87. The van der Waals surface area contributed by atoms with Crippen LogP contribution in [0.3, 0.4) is 0 Å². The maximum Gasteiger partial charge on any atom is 0.259 e. The molecular formula is C19H22N4O4.